The smallest absolute Gasteiger partial charge is 0.410 e. The van der Waals surface area contributed by atoms with Gasteiger partial charge in [-0.25, -0.2) is 4.79 Å². The van der Waals surface area contributed by atoms with Gasteiger partial charge >= 0.3 is 6.09 Å². The van der Waals surface area contributed by atoms with Gasteiger partial charge in [0.2, 0.25) is 5.91 Å². The lowest BCUT2D eigenvalue weighted by molar-refractivity contribution is -0.125. The Morgan fingerprint density at radius 3 is 2.50 bits per heavy atom. The number of hydrogen-bond donors (Lipinski definition) is 1. The standard InChI is InChI=1S/C17H22N2O3/c20-16(18-13-7-4-5-8-13)15-11-6-12-19(15)17(21)22-14-9-2-1-3-10-14/h1-3,9-10,13,15H,4-8,11-12H2,(H,18,20)/t15-/m0/s1. The normalized spacial score (nSPS) is 21.8. The molecule has 118 valence electrons. The van der Waals surface area contributed by atoms with E-state index in [2.05, 4.69) is 5.32 Å². The number of nitrogens with one attached hydrogen (secondary N) is 1. The molecule has 1 aromatic carbocycles. The predicted molar refractivity (Wildman–Crippen MR) is 82.6 cm³/mol. The van der Waals surface area contributed by atoms with Crippen LogP contribution in [-0.4, -0.2) is 35.5 Å². The molecule has 2 amide bonds. The number of para-hydroxylation sites is 1. The van der Waals surface area contributed by atoms with Gasteiger partial charge in [-0.15, -0.1) is 0 Å². The van der Waals surface area contributed by atoms with Crippen LogP contribution in [0.5, 0.6) is 5.75 Å². The van der Waals surface area contributed by atoms with Crippen LogP contribution in [-0.2, 0) is 4.79 Å². The van der Waals surface area contributed by atoms with Crippen LogP contribution in [0.3, 0.4) is 0 Å². The Morgan fingerprint density at radius 1 is 1.05 bits per heavy atom. The maximum absolute atomic E-state index is 12.4. The van der Waals surface area contributed by atoms with E-state index in [0.717, 1.165) is 19.3 Å². The molecule has 1 N–H and O–H groups in total. The first-order valence-electron chi connectivity index (χ1n) is 8.08. The van der Waals surface area contributed by atoms with E-state index in [-0.39, 0.29) is 11.9 Å². The van der Waals surface area contributed by atoms with Crippen molar-refractivity contribution in [1.82, 2.24) is 10.2 Å². The minimum atomic E-state index is -0.435. The van der Waals surface area contributed by atoms with Gasteiger partial charge in [-0.3, -0.25) is 9.69 Å². The minimum absolute atomic E-state index is 0.0330. The molecule has 5 nitrogen and oxygen atoms in total. The SMILES string of the molecule is O=C(NC1CCCC1)[C@@H]1CCCN1C(=O)Oc1ccccc1. The van der Waals surface area contributed by atoms with Crippen LogP contribution in [0.2, 0.25) is 0 Å². The van der Waals surface area contributed by atoms with Gasteiger partial charge in [0.1, 0.15) is 11.8 Å². The first-order chi connectivity index (χ1) is 10.7. The molecule has 2 aliphatic rings. The number of nitrogens with zero attached hydrogens (tertiary/aromatic N) is 1. The van der Waals surface area contributed by atoms with Crippen LogP contribution in [0.1, 0.15) is 38.5 Å². The highest BCUT2D eigenvalue weighted by molar-refractivity contribution is 5.86. The number of carbonyl (C=O) groups is 2. The van der Waals surface area contributed by atoms with Gasteiger partial charge in [-0.05, 0) is 37.8 Å². The van der Waals surface area contributed by atoms with Crippen LogP contribution in [0, 0.1) is 0 Å². The van der Waals surface area contributed by atoms with E-state index in [1.165, 1.54) is 12.8 Å². The minimum Gasteiger partial charge on any atom is -0.410 e. The fourth-order valence-electron chi connectivity index (χ4n) is 3.27. The Bertz CT molecular complexity index is 526. The summed E-state index contributed by atoms with van der Waals surface area (Å²) in [5.41, 5.74) is 0. The monoisotopic (exact) mass is 302 g/mol. The second kappa shape index (κ2) is 6.81. The van der Waals surface area contributed by atoms with E-state index in [9.17, 15) is 9.59 Å². The predicted octanol–water partition coefficient (Wildman–Crippen LogP) is 2.71. The van der Waals surface area contributed by atoms with Gasteiger partial charge in [-0.1, -0.05) is 31.0 Å². The van der Waals surface area contributed by atoms with E-state index in [0.29, 0.717) is 18.7 Å². The van der Waals surface area contributed by atoms with Crippen molar-refractivity contribution in [2.45, 2.75) is 50.6 Å². The van der Waals surface area contributed by atoms with Crippen LogP contribution < -0.4 is 10.1 Å². The molecule has 1 heterocycles. The third-order valence-corrected chi connectivity index (χ3v) is 4.44. The summed E-state index contributed by atoms with van der Waals surface area (Å²) >= 11 is 0. The maximum atomic E-state index is 12.4. The molecule has 1 aliphatic heterocycles. The van der Waals surface area contributed by atoms with E-state index in [1.807, 2.05) is 18.2 Å². The molecule has 1 aliphatic carbocycles. The molecule has 2 fully saturated rings. The Kier molecular flexibility index (Phi) is 4.61. The quantitative estimate of drug-likeness (QED) is 0.934. The summed E-state index contributed by atoms with van der Waals surface area (Å²) in [4.78, 5) is 26.3. The van der Waals surface area contributed by atoms with Crippen molar-refractivity contribution >= 4 is 12.0 Å². The van der Waals surface area contributed by atoms with Gasteiger partial charge in [0, 0.05) is 12.6 Å². The largest absolute Gasteiger partial charge is 0.415 e. The van der Waals surface area contributed by atoms with Crippen molar-refractivity contribution in [2.75, 3.05) is 6.54 Å². The number of likely N-dealkylation sites (tertiary alicyclic amines) is 1. The Hall–Kier alpha value is -2.04. The third kappa shape index (κ3) is 3.40. The number of ether oxygens (including phenoxy) is 1. The zero-order chi connectivity index (χ0) is 15.4. The maximum Gasteiger partial charge on any atom is 0.415 e. The van der Waals surface area contributed by atoms with E-state index in [4.69, 9.17) is 4.74 Å². The summed E-state index contributed by atoms with van der Waals surface area (Å²) < 4.78 is 5.36. The van der Waals surface area contributed by atoms with Crippen molar-refractivity contribution in [2.24, 2.45) is 0 Å². The molecule has 1 saturated heterocycles. The molecule has 3 rings (SSSR count). The number of carbonyl (C=O) groups excluding carboxylic acids is 2. The lowest BCUT2D eigenvalue weighted by Gasteiger charge is -2.24. The van der Waals surface area contributed by atoms with Crippen LogP contribution in [0.4, 0.5) is 4.79 Å². The summed E-state index contributed by atoms with van der Waals surface area (Å²) in [6.07, 6.45) is 5.56. The summed E-state index contributed by atoms with van der Waals surface area (Å²) in [5.74, 6) is 0.476. The number of amides is 2. The summed E-state index contributed by atoms with van der Waals surface area (Å²) in [5, 5.41) is 3.08. The summed E-state index contributed by atoms with van der Waals surface area (Å²) in [6, 6.07) is 8.86. The number of benzene rings is 1. The molecule has 0 radical (unpaired) electrons. The molecular formula is C17H22N2O3. The summed E-state index contributed by atoms with van der Waals surface area (Å²) in [7, 11) is 0. The van der Waals surface area contributed by atoms with Gasteiger partial charge in [0.15, 0.2) is 0 Å². The van der Waals surface area contributed by atoms with Crippen LogP contribution in [0.25, 0.3) is 0 Å². The number of hydrogen-bond acceptors (Lipinski definition) is 3. The molecule has 0 bridgehead atoms. The zero-order valence-electron chi connectivity index (χ0n) is 12.7. The second-order valence-electron chi connectivity index (χ2n) is 6.02. The zero-order valence-corrected chi connectivity index (χ0v) is 12.7. The van der Waals surface area contributed by atoms with Gasteiger partial charge in [0.25, 0.3) is 0 Å². The fraction of sp³-hybridized carbons (Fsp3) is 0.529. The van der Waals surface area contributed by atoms with Crippen molar-refractivity contribution in [3.05, 3.63) is 30.3 Å². The lowest BCUT2D eigenvalue weighted by atomic mass is 10.2. The average Bonchev–Trinajstić information content (AvgIpc) is 3.19. The van der Waals surface area contributed by atoms with Crippen molar-refractivity contribution in [3.8, 4) is 5.75 Å². The fourth-order valence-corrected chi connectivity index (χ4v) is 3.27. The van der Waals surface area contributed by atoms with Crippen LogP contribution in [0.15, 0.2) is 30.3 Å². The van der Waals surface area contributed by atoms with E-state index in [1.54, 1.807) is 17.0 Å². The first kappa shape index (κ1) is 14.9. The molecule has 0 spiro atoms. The Balaban J connectivity index is 1.59. The van der Waals surface area contributed by atoms with Crippen molar-refractivity contribution < 1.29 is 14.3 Å². The molecule has 0 aromatic heterocycles. The summed E-state index contributed by atoms with van der Waals surface area (Å²) in [6.45, 7) is 0.578. The topological polar surface area (TPSA) is 58.6 Å². The number of rotatable bonds is 3. The Labute approximate surface area is 130 Å². The molecule has 0 unspecified atom stereocenters. The van der Waals surface area contributed by atoms with Crippen molar-refractivity contribution in [1.29, 1.82) is 0 Å². The second-order valence-corrected chi connectivity index (χ2v) is 6.02. The van der Waals surface area contributed by atoms with Gasteiger partial charge < -0.3 is 10.1 Å². The van der Waals surface area contributed by atoms with Crippen molar-refractivity contribution in [3.63, 3.8) is 0 Å². The highest BCUT2D eigenvalue weighted by atomic mass is 16.6. The highest BCUT2D eigenvalue weighted by Crippen LogP contribution is 2.22. The van der Waals surface area contributed by atoms with Gasteiger partial charge in [0.05, 0.1) is 0 Å². The molecule has 1 atom stereocenters. The van der Waals surface area contributed by atoms with Crippen LogP contribution >= 0.6 is 0 Å². The first-order valence-corrected chi connectivity index (χ1v) is 8.08. The molecule has 22 heavy (non-hydrogen) atoms. The third-order valence-electron chi connectivity index (χ3n) is 4.44. The van der Waals surface area contributed by atoms with E-state index >= 15 is 0 Å². The van der Waals surface area contributed by atoms with Gasteiger partial charge in [-0.2, -0.15) is 0 Å². The molecule has 1 aromatic rings. The lowest BCUT2D eigenvalue weighted by Crippen LogP contribution is -2.49. The highest BCUT2D eigenvalue weighted by Gasteiger charge is 2.36. The Morgan fingerprint density at radius 2 is 1.77 bits per heavy atom. The molecule has 1 saturated carbocycles. The average molecular weight is 302 g/mol. The molecule has 5 heteroatoms. The molecular weight excluding hydrogens is 280 g/mol. The van der Waals surface area contributed by atoms with E-state index < -0.39 is 12.1 Å².